The normalized spacial score (nSPS) is 9.76. The van der Waals surface area contributed by atoms with E-state index in [2.05, 4.69) is 0 Å². The molecule has 0 aliphatic heterocycles. The van der Waals surface area contributed by atoms with Gasteiger partial charge < -0.3 is 21.1 Å². The van der Waals surface area contributed by atoms with E-state index in [1.807, 2.05) is 0 Å². The largest absolute Gasteiger partial charge is 0.462 e. The molecule has 21 heavy (non-hydrogen) atoms. The summed E-state index contributed by atoms with van der Waals surface area (Å²) in [5.41, 5.74) is 2.95. The number of nitrogens with zero attached hydrogens (tertiary/aromatic N) is 2. The predicted molar refractivity (Wildman–Crippen MR) is 71.9 cm³/mol. The van der Waals surface area contributed by atoms with Crippen LogP contribution in [0.5, 0.6) is 0 Å². The summed E-state index contributed by atoms with van der Waals surface area (Å²) in [7, 11) is 0. The molecule has 0 saturated heterocycles. The SMILES string of the molecule is CCOC(=O)c1c(C(=O)OCC)c(N)n(N)c(=O)c1C#N. The van der Waals surface area contributed by atoms with Crippen LogP contribution in [-0.2, 0) is 9.47 Å². The van der Waals surface area contributed by atoms with Crippen LogP contribution in [0.1, 0.15) is 40.1 Å². The van der Waals surface area contributed by atoms with E-state index in [1.54, 1.807) is 6.92 Å². The number of ether oxygens (including phenoxy) is 2. The van der Waals surface area contributed by atoms with Gasteiger partial charge in [0, 0.05) is 0 Å². The molecular formula is C12H14N4O5. The van der Waals surface area contributed by atoms with Gasteiger partial charge >= 0.3 is 11.9 Å². The molecule has 1 aromatic rings. The minimum absolute atomic E-state index is 0.00607. The molecule has 0 unspecified atom stereocenters. The lowest BCUT2D eigenvalue weighted by Gasteiger charge is -2.14. The van der Waals surface area contributed by atoms with E-state index in [4.69, 9.17) is 26.3 Å². The average molecular weight is 294 g/mol. The van der Waals surface area contributed by atoms with Crippen molar-refractivity contribution in [2.45, 2.75) is 13.8 Å². The number of carbonyl (C=O) groups is 2. The molecule has 0 saturated carbocycles. The summed E-state index contributed by atoms with van der Waals surface area (Å²) >= 11 is 0. The monoisotopic (exact) mass is 294 g/mol. The Kier molecular flexibility index (Phi) is 4.91. The zero-order valence-corrected chi connectivity index (χ0v) is 11.5. The first-order valence-electron chi connectivity index (χ1n) is 5.98. The Hall–Kier alpha value is -3.02. The van der Waals surface area contributed by atoms with Gasteiger partial charge in [0.05, 0.1) is 13.2 Å². The van der Waals surface area contributed by atoms with Gasteiger partial charge in [-0.2, -0.15) is 5.26 Å². The predicted octanol–water partition coefficient (Wildman–Crippen LogP) is -0.631. The summed E-state index contributed by atoms with van der Waals surface area (Å²) in [4.78, 5) is 35.7. The van der Waals surface area contributed by atoms with Gasteiger partial charge in [0.25, 0.3) is 5.56 Å². The molecule has 1 rings (SSSR count). The number of nitrogen functional groups attached to an aromatic ring is 2. The second kappa shape index (κ2) is 6.42. The highest BCUT2D eigenvalue weighted by Gasteiger charge is 2.30. The van der Waals surface area contributed by atoms with E-state index < -0.39 is 40.0 Å². The first-order chi connectivity index (χ1) is 9.90. The number of hydrogen-bond acceptors (Lipinski definition) is 8. The minimum Gasteiger partial charge on any atom is -0.462 e. The van der Waals surface area contributed by atoms with Crippen LogP contribution in [0.15, 0.2) is 4.79 Å². The van der Waals surface area contributed by atoms with E-state index >= 15 is 0 Å². The van der Waals surface area contributed by atoms with Crippen molar-refractivity contribution in [1.29, 1.82) is 5.26 Å². The van der Waals surface area contributed by atoms with Crippen LogP contribution < -0.4 is 17.1 Å². The molecule has 9 heteroatoms. The zero-order valence-electron chi connectivity index (χ0n) is 11.5. The fraction of sp³-hybridized carbons (Fsp3) is 0.333. The molecule has 1 heterocycles. The second-order valence-corrected chi connectivity index (χ2v) is 3.74. The third kappa shape index (κ3) is 2.79. The summed E-state index contributed by atoms with van der Waals surface area (Å²) < 4.78 is 9.92. The number of rotatable bonds is 4. The van der Waals surface area contributed by atoms with Gasteiger partial charge in [-0.3, -0.25) is 4.79 Å². The molecule has 0 aliphatic rings. The highest BCUT2D eigenvalue weighted by molar-refractivity contribution is 6.07. The molecule has 1 aromatic heterocycles. The number of nitrogens with two attached hydrogens (primary N) is 2. The smallest absolute Gasteiger partial charge is 0.342 e. The lowest BCUT2D eigenvalue weighted by atomic mass is 10.0. The number of pyridine rings is 1. The maximum atomic E-state index is 11.9. The van der Waals surface area contributed by atoms with Gasteiger partial charge in [-0.1, -0.05) is 0 Å². The third-order valence-corrected chi connectivity index (χ3v) is 2.52. The first-order valence-corrected chi connectivity index (χ1v) is 5.98. The van der Waals surface area contributed by atoms with Gasteiger partial charge in [-0.05, 0) is 13.8 Å². The molecule has 0 spiro atoms. The Morgan fingerprint density at radius 3 is 2.10 bits per heavy atom. The standard InChI is InChI=1S/C12H14N4O5/c1-3-20-11(18)7-6(5-13)10(17)16(15)9(14)8(7)12(19)21-4-2/h3-4,14-15H2,1-2H3. The van der Waals surface area contributed by atoms with Crippen molar-refractivity contribution in [3.05, 3.63) is 27.0 Å². The van der Waals surface area contributed by atoms with E-state index in [0.717, 1.165) is 0 Å². The van der Waals surface area contributed by atoms with Crippen LogP contribution in [-0.4, -0.2) is 29.8 Å². The Bertz CT molecular complexity index is 686. The fourth-order valence-corrected chi connectivity index (χ4v) is 1.63. The van der Waals surface area contributed by atoms with Gasteiger partial charge in [-0.15, -0.1) is 0 Å². The topological polar surface area (TPSA) is 150 Å². The summed E-state index contributed by atoms with van der Waals surface area (Å²) in [6, 6.07) is 1.53. The maximum Gasteiger partial charge on any atom is 0.342 e. The quantitative estimate of drug-likeness (QED) is 0.550. The van der Waals surface area contributed by atoms with Crippen LogP contribution in [0, 0.1) is 11.3 Å². The number of aromatic nitrogens is 1. The summed E-state index contributed by atoms with van der Waals surface area (Å²) in [5, 5.41) is 9.05. The summed E-state index contributed by atoms with van der Waals surface area (Å²) in [5.74, 6) is 2.91. The molecule has 0 aliphatic carbocycles. The molecule has 112 valence electrons. The van der Waals surface area contributed by atoms with Crippen LogP contribution in [0.25, 0.3) is 0 Å². The van der Waals surface area contributed by atoms with Crippen LogP contribution >= 0.6 is 0 Å². The number of anilines is 1. The Morgan fingerprint density at radius 1 is 1.19 bits per heavy atom. The first kappa shape index (κ1) is 16.0. The number of carbonyl (C=O) groups excluding carboxylic acids is 2. The van der Waals surface area contributed by atoms with Crippen molar-refractivity contribution in [2.75, 3.05) is 24.8 Å². The number of nitriles is 1. The molecule has 4 N–H and O–H groups in total. The van der Waals surface area contributed by atoms with Crippen molar-refractivity contribution in [2.24, 2.45) is 0 Å². The van der Waals surface area contributed by atoms with Crippen molar-refractivity contribution in [3.63, 3.8) is 0 Å². The second-order valence-electron chi connectivity index (χ2n) is 3.74. The van der Waals surface area contributed by atoms with Crippen molar-refractivity contribution in [3.8, 4) is 6.07 Å². The highest BCUT2D eigenvalue weighted by atomic mass is 16.5. The van der Waals surface area contributed by atoms with E-state index in [9.17, 15) is 14.4 Å². The van der Waals surface area contributed by atoms with Crippen molar-refractivity contribution in [1.82, 2.24) is 4.68 Å². The summed E-state index contributed by atoms with van der Waals surface area (Å²) in [6.45, 7) is 3.06. The van der Waals surface area contributed by atoms with Gasteiger partial charge in [-0.25, -0.2) is 14.3 Å². The molecule has 0 fully saturated rings. The van der Waals surface area contributed by atoms with Crippen molar-refractivity contribution >= 4 is 17.8 Å². The minimum atomic E-state index is -1.03. The Balaban J connectivity index is 3.79. The van der Waals surface area contributed by atoms with Crippen LogP contribution in [0.4, 0.5) is 5.82 Å². The highest BCUT2D eigenvalue weighted by Crippen LogP contribution is 2.20. The Morgan fingerprint density at radius 2 is 1.67 bits per heavy atom. The molecule has 0 bridgehead atoms. The lowest BCUT2D eigenvalue weighted by Crippen LogP contribution is -2.36. The van der Waals surface area contributed by atoms with Gasteiger partial charge in [0.2, 0.25) is 0 Å². The number of hydrogen-bond donors (Lipinski definition) is 2. The van der Waals surface area contributed by atoms with E-state index in [1.165, 1.54) is 13.0 Å². The maximum absolute atomic E-state index is 11.9. The number of esters is 2. The fourth-order valence-electron chi connectivity index (χ4n) is 1.63. The molecule has 9 nitrogen and oxygen atoms in total. The average Bonchev–Trinajstić information content (AvgIpc) is 2.44. The van der Waals surface area contributed by atoms with E-state index in [0.29, 0.717) is 4.68 Å². The van der Waals surface area contributed by atoms with Gasteiger partial charge in [0.15, 0.2) is 0 Å². The lowest BCUT2D eigenvalue weighted by molar-refractivity contribution is 0.0478. The summed E-state index contributed by atoms with van der Waals surface area (Å²) in [6.07, 6.45) is 0. The van der Waals surface area contributed by atoms with E-state index in [-0.39, 0.29) is 13.2 Å². The molecule has 0 aromatic carbocycles. The molecule has 0 amide bonds. The molecule has 0 atom stereocenters. The van der Waals surface area contributed by atoms with Crippen molar-refractivity contribution < 1.29 is 19.1 Å². The third-order valence-electron chi connectivity index (χ3n) is 2.52. The molecule has 0 radical (unpaired) electrons. The Labute approximate surface area is 119 Å². The van der Waals surface area contributed by atoms with Gasteiger partial charge in [0.1, 0.15) is 28.6 Å². The van der Waals surface area contributed by atoms with Crippen LogP contribution in [0.3, 0.4) is 0 Å². The zero-order chi connectivity index (χ0) is 16.2. The van der Waals surface area contributed by atoms with Crippen LogP contribution in [0.2, 0.25) is 0 Å². The molecular weight excluding hydrogens is 280 g/mol.